The normalized spacial score (nSPS) is 20.2. The Balaban J connectivity index is 2.30. The molecule has 1 aliphatic heterocycles. The molecule has 1 unspecified atom stereocenters. The first-order valence-electron chi connectivity index (χ1n) is 6.68. The molecular formula is C14H20N2O3S. The number of carbonyl (C=O) groups is 1. The van der Waals surface area contributed by atoms with Crippen molar-refractivity contribution in [3.63, 3.8) is 0 Å². The largest absolute Gasteiger partial charge is 0.292 e. The maximum absolute atomic E-state index is 12.5. The highest BCUT2D eigenvalue weighted by Crippen LogP contribution is 2.24. The topological polar surface area (TPSA) is 66.5 Å². The van der Waals surface area contributed by atoms with Crippen LogP contribution in [-0.4, -0.2) is 38.1 Å². The molecule has 1 N–H and O–H groups in total. The van der Waals surface area contributed by atoms with E-state index >= 15 is 0 Å². The lowest BCUT2D eigenvalue weighted by Crippen LogP contribution is -2.45. The van der Waals surface area contributed by atoms with Gasteiger partial charge in [0, 0.05) is 19.2 Å². The number of benzene rings is 1. The predicted octanol–water partition coefficient (Wildman–Crippen LogP) is 1.41. The molecule has 0 spiro atoms. The maximum Gasteiger partial charge on any atom is 0.279 e. The van der Waals surface area contributed by atoms with Gasteiger partial charge in [-0.3, -0.25) is 4.79 Å². The molecule has 6 heteroatoms. The minimum atomic E-state index is -3.56. The highest BCUT2D eigenvalue weighted by molar-refractivity contribution is 7.87. The highest BCUT2D eigenvalue weighted by atomic mass is 32.2. The minimum absolute atomic E-state index is 0.121. The molecule has 0 amide bonds. The molecule has 1 aromatic carbocycles. The number of carbonyl (C=O) groups excluding carboxylic acids is 1. The summed E-state index contributed by atoms with van der Waals surface area (Å²) < 4.78 is 27.4. The van der Waals surface area contributed by atoms with Crippen LogP contribution in [0.5, 0.6) is 0 Å². The second-order valence-electron chi connectivity index (χ2n) is 5.14. The van der Waals surface area contributed by atoms with E-state index in [1.54, 1.807) is 6.07 Å². The van der Waals surface area contributed by atoms with Gasteiger partial charge in [0.2, 0.25) is 0 Å². The summed E-state index contributed by atoms with van der Waals surface area (Å²) in [5.41, 5.74) is 2.74. The molecule has 2 rings (SSSR count). The van der Waals surface area contributed by atoms with Gasteiger partial charge in [-0.15, -0.1) is 0 Å². The SMILES string of the molecule is CNS(=O)(=O)N1CCCC1C(=O)c1ccc(C)c(C)c1. The van der Waals surface area contributed by atoms with Crippen molar-refractivity contribution in [3.8, 4) is 0 Å². The van der Waals surface area contributed by atoms with Gasteiger partial charge in [-0.2, -0.15) is 12.7 Å². The van der Waals surface area contributed by atoms with Gasteiger partial charge in [-0.05, 0) is 43.9 Å². The lowest BCUT2D eigenvalue weighted by Gasteiger charge is -2.22. The average molecular weight is 296 g/mol. The summed E-state index contributed by atoms with van der Waals surface area (Å²) in [7, 11) is -2.19. The van der Waals surface area contributed by atoms with E-state index in [-0.39, 0.29) is 5.78 Å². The molecule has 1 saturated heterocycles. The number of Topliss-reactive ketones (excluding diaryl/α,β-unsaturated/α-hetero) is 1. The molecule has 1 aromatic rings. The molecule has 110 valence electrons. The van der Waals surface area contributed by atoms with Crippen molar-refractivity contribution in [3.05, 3.63) is 34.9 Å². The summed E-state index contributed by atoms with van der Waals surface area (Å²) in [6.07, 6.45) is 1.29. The Morgan fingerprint density at radius 2 is 2.00 bits per heavy atom. The number of ketones is 1. The van der Waals surface area contributed by atoms with Gasteiger partial charge in [-0.1, -0.05) is 12.1 Å². The van der Waals surface area contributed by atoms with E-state index in [4.69, 9.17) is 0 Å². The Labute approximate surface area is 120 Å². The third-order valence-electron chi connectivity index (χ3n) is 3.86. The molecule has 0 aliphatic carbocycles. The molecule has 1 atom stereocenters. The number of nitrogens with zero attached hydrogens (tertiary/aromatic N) is 1. The van der Waals surface area contributed by atoms with Gasteiger partial charge in [-0.25, -0.2) is 4.72 Å². The van der Waals surface area contributed by atoms with Crippen molar-refractivity contribution in [1.29, 1.82) is 0 Å². The quantitative estimate of drug-likeness (QED) is 0.854. The molecule has 1 aliphatic rings. The van der Waals surface area contributed by atoms with Gasteiger partial charge < -0.3 is 0 Å². The second-order valence-corrected chi connectivity index (χ2v) is 6.97. The fraction of sp³-hybridized carbons (Fsp3) is 0.500. The molecule has 0 saturated carbocycles. The minimum Gasteiger partial charge on any atom is -0.292 e. The van der Waals surface area contributed by atoms with Crippen LogP contribution < -0.4 is 4.72 Å². The van der Waals surface area contributed by atoms with Crippen LogP contribution in [0.3, 0.4) is 0 Å². The van der Waals surface area contributed by atoms with E-state index in [0.717, 1.165) is 11.1 Å². The Morgan fingerprint density at radius 3 is 2.60 bits per heavy atom. The number of hydrogen-bond donors (Lipinski definition) is 1. The zero-order chi connectivity index (χ0) is 14.9. The van der Waals surface area contributed by atoms with Crippen LogP contribution >= 0.6 is 0 Å². The van der Waals surface area contributed by atoms with Gasteiger partial charge in [0.15, 0.2) is 5.78 Å². The van der Waals surface area contributed by atoms with Crippen molar-refractivity contribution in [2.75, 3.05) is 13.6 Å². The number of nitrogens with one attached hydrogen (secondary N) is 1. The summed E-state index contributed by atoms with van der Waals surface area (Å²) in [6, 6.07) is 4.91. The van der Waals surface area contributed by atoms with Crippen molar-refractivity contribution in [2.45, 2.75) is 32.7 Å². The zero-order valence-corrected chi connectivity index (χ0v) is 12.8. The summed E-state index contributed by atoms with van der Waals surface area (Å²) in [5, 5.41) is 0. The molecule has 1 fully saturated rings. The maximum atomic E-state index is 12.5. The number of aryl methyl sites for hydroxylation is 2. The van der Waals surface area contributed by atoms with Crippen molar-refractivity contribution in [2.24, 2.45) is 0 Å². The number of hydrogen-bond acceptors (Lipinski definition) is 3. The molecular weight excluding hydrogens is 276 g/mol. The van der Waals surface area contributed by atoms with Crippen LogP contribution in [0.25, 0.3) is 0 Å². The van der Waals surface area contributed by atoms with Gasteiger partial charge >= 0.3 is 0 Å². The first kappa shape index (κ1) is 15.2. The molecule has 20 heavy (non-hydrogen) atoms. The van der Waals surface area contributed by atoms with E-state index in [2.05, 4.69) is 4.72 Å². The van der Waals surface area contributed by atoms with E-state index < -0.39 is 16.3 Å². The van der Waals surface area contributed by atoms with Gasteiger partial charge in [0.25, 0.3) is 10.2 Å². The van der Waals surface area contributed by atoms with E-state index in [9.17, 15) is 13.2 Å². The van der Waals surface area contributed by atoms with Crippen molar-refractivity contribution < 1.29 is 13.2 Å². The average Bonchev–Trinajstić information content (AvgIpc) is 2.91. The Bertz CT molecular complexity index is 625. The zero-order valence-electron chi connectivity index (χ0n) is 12.0. The smallest absolute Gasteiger partial charge is 0.279 e. The second kappa shape index (κ2) is 5.63. The summed E-state index contributed by atoms with van der Waals surface area (Å²) in [5.74, 6) is -0.121. The van der Waals surface area contributed by atoms with Crippen molar-refractivity contribution in [1.82, 2.24) is 9.03 Å². The molecule has 0 bridgehead atoms. The predicted molar refractivity (Wildman–Crippen MR) is 78.0 cm³/mol. The van der Waals surface area contributed by atoms with Gasteiger partial charge in [0.1, 0.15) is 0 Å². The lowest BCUT2D eigenvalue weighted by atomic mass is 9.99. The lowest BCUT2D eigenvalue weighted by molar-refractivity contribution is 0.0917. The first-order valence-corrected chi connectivity index (χ1v) is 8.12. The molecule has 0 radical (unpaired) electrons. The Hall–Kier alpha value is -1.24. The van der Waals surface area contributed by atoms with E-state index in [1.165, 1.54) is 11.4 Å². The third-order valence-corrected chi connectivity index (χ3v) is 5.43. The van der Waals surface area contributed by atoms with Crippen LogP contribution in [0.2, 0.25) is 0 Å². The Kier molecular flexibility index (Phi) is 4.27. The fourth-order valence-electron chi connectivity index (χ4n) is 2.49. The van der Waals surface area contributed by atoms with Crippen LogP contribution in [0.15, 0.2) is 18.2 Å². The van der Waals surface area contributed by atoms with Crippen molar-refractivity contribution >= 4 is 16.0 Å². The monoisotopic (exact) mass is 296 g/mol. The molecule has 5 nitrogen and oxygen atoms in total. The van der Waals surface area contributed by atoms with Crippen LogP contribution in [-0.2, 0) is 10.2 Å². The first-order chi connectivity index (χ1) is 9.36. The van der Waals surface area contributed by atoms with Gasteiger partial charge in [0.05, 0.1) is 6.04 Å². The molecule has 0 aromatic heterocycles. The van der Waals surface area contributed by atoms with Crippen LogP contribution in [0.4, 0.5) is 0 Å². The third kappa shape index (κ3) is 2.77. The summed E-state index contributed by atoms with van der Waals surface area (Å²) in [4.78, 5) is 12.5. The van der Waals surface area contributed by atoms with E-state index in [0.29, 0.717) is 24.9 Å². The number of rotatable bonds is 4. The van der Waals surface area contributed by atoms with E-state index in [1.807, 2.05) is 26.0 Å². The summed E-state index contributed by atoms with van der Waals surface area (Å²) in [6.45, 7) is 4.32. The standard InChI is InChI=1S/C14H20N2O3S/c1-10-6-7-12(9-11(10)2)14(17)13-5-4-8-16(13)20(18,19)15-3/h6-7,9,13,15H,4-5,8H2,1-3H3. The fourth-order valence-corrected chi connectivity index (χ4v) is 3.63. The molecule has 1 heterocycles. The Morgan fingerprint density at radius 1 is 1.30 bits per heavy atom. The van der Waals surface area contributed by atoms with Crippen LogP contribution in [0.1, 0.15) is 34.3 Å². The highest BCUT2D eigenvalue weighted by Gasteiger charge is 2.38. The summed E-state index contributed by atoms with van der Waals surface area (Å²) >= 11 is 0. The van der Waals surface area contributed by atoms with Crippen LogP contribution in [0, 0.1) is 13.8 Å².